The number of hydrogen-bond donors (Lipinski definition) is 0. The zero-order valence-corrected chi connectivity index (χ0v) is 11.5. The summed E-state index contributed by atoms with van der Waals surface area (Å²) in [5.74, 6) is 1.76. The van der Waals surface area contributed by atoms with Crippen LogP contribution in [0.1, 0.15) is 0 Å². The molecule has 3 rings (SSSR count). The zero-order chi connectivity index (χ0) is 13.9. The molecule has 0 aliphatic heterocycles. The molecule has 0 unspecified atom stereocenters. The molecule has 100 valence electrons. The normalized spacial score (nSPS) is 10.5. The van der Waals surface area contributed by atoms with Crippen molar-refractivity contribution in [3.05, 3.63) is 53.6 Å². The molecule has 5 heteroatoms. The lowest BCUT2D eigenvalue weighted by Crippen LogP contribution is -1.84. The lowest BCUT2D eigenvalue weighted by Gasteiger charge is -1.99. The molecule has 0 N–H and O–H groups in total. The lowest BCUT2D eigenvalue weighted by atomic mass is 10.2. The van der Waals surface area contributed by atoms with Crippen molar-refractivity contribution in [3.63, 3.8) is 0 Å². The number of ether oxygens (including phenoxy) is 1. The highest BCUT2D eigenvalue weighted by Crippen LogP contribution is 2.25. The summed E-state index contributed by atoms with van der Waals surface area (Å²) in [4.78, 5) is 4.37. The summed E-state index contributed by atoms with van der Waals surface area (Å²) in [6.07, 6.45) is 0. The van der Waals surface area contributed by atoms with Crippen LogP contribution in [0.15, 0.2) is 53.1 Å². The van der Waals surface area contributed by atoms with Crippen LogP contribution in [0.4, 0.5) is 0 Å². The molecule has 0 aliphatic rings. The molecule has 0 radical (unpaired) electrons. The largest absolute Gasteiger partial charge is 0.497 e. The maximum Gasteiger partial charge on any atom is 0.258 e. The topological polar surface area (TPSA) is 48.2 Å². The Labute approximate surface area is 121 Å². The SMILES string of the molecule is COc1ccc(-c2noc(-c3cccc(Cl)c3)n2)cc1. The Bertz CT molecular complexity index is 723. The molecule has 0 aliphatic carbocycles. The number of benzene rings is 2. The highest BCUT2D eigenvalue weighted by atomic mass is 35.5. The first-order valence-corrected chi connectivity index (χ1v) is 6.38. The molecule has 0 atom stereocenters. The predicted octanol–water partition coefficient (Wildman–Crippen LogP) is 4.07. The molecule has 0 amide bonds. The van der Waals surface area contributed by atoms with Crippen LogP contribution >= 0.6 is 11.6 Å². The van der Waals surface area contributed by atoms with Crippen LogP contribution in [0.2, 0.25) is 5.02 Å². The predicted molar refractivity (Wildman–Crippen MR) is 76.7 cm³/mol. The molecule has 0 saturated heterocycles. The van der Waals surface area contributed by atoms with Crippen molar-refractivity contribution in [3.8, 4) is 28.6 Å². The number of methoxy groups -OCH3 is 1. The van der Waals surface area contributed by atoms with Crippen molar-refractivity contribution in [2.24, 2.45) is 0 Å². The van der Waals surface area contributed by atoms with Gasteiger partial charge in [0.25, 0.3) is 5.89 Å². The maximum atomic E-state index is 5.95. The van der Waals surface area contributed by atoms with Gasteiger partial charge in [-0.05, 0) is 42.5 Å². The number of nitrogens with zero attached hydrogens (tertiary/aromatic N) is 2. The van der Waals surface area contributed by atoms with E-state index in [2.05, 4.69) is 10.1 Å². The first kappa shape index (κ1) is 12.7. The molecular weight excluding hydrogens is 276 g/mol. The molecule has 3 aromatic rings. The van der Waals surface area contributed by atoms with Crippen LogP contribution in [0.25, 0.3) is 22.8 Å². The fourth-order valence-corrected chi connectivity index (χ4v) is 2.01. The van der Waals surface area contributed by atoms with E-state index in [1.54, 1.807) is 19.2 Å². The molecule has 20 heavy (non-hydrogen) atoms. The van der Waals surface area contributed by atoms with Gasteiger partial charge in [0.15, 0.2) is 0 Å². The van der Waals surface area contributed by atoms with Crippen LogP contribution in [0.5, 0.6) is 5.75 Å². The maximum absolute atomic E-state index is 5.95. The van der Waals surface area contributed by atoms with E-state index in [0.717, 1.165) is 16.9 Å². The molecule has 0 bridgehead atoms. The molecule has 2 aromatic carbocycles. The van der Waals surface area contributed by atoms with E-state index in [1.165, 1.54) is 0 Å². The second-order valence-corrected chi connectivity index (χ2v) is 4.60. The number of hydrogen-bond acceptors (Lipinski definition) is 4. The fraction of sp³-hybridized carbons (Fsp3) is 0.0667. The molecule has 0 spiro atoms. The van der Waals surface area contributed by atoms with Crippen molar-refractivity contribution in [1.29, 1.82) is 0 Å². The fourth-order valence-electron chi connectivity index (χ4n) is 1.82. The summed E-state index contributed by atoms with van der Waals surface area (Å²) in [6, 6.07) is 14.8. The van der Waals surface area contributed by atoms with E-state index in [1.807, 2.05) is 36.4 Å². The smallest absolute Gasteiger partial charge is 0.258 e. The second-order valence-electron chi connectivity index (χ2n) is 4.16. The second kappa shape index (κ2) is 5.35. The molecular formula is C15H11ClN2O2. The minimum Gasteiger partial charge on any atom is -0.497 e. The third-order valence-electron chi connectivity index (χ3n) is 2.85. The van der Waals surface area contributed by atoms with Gasteiger partial charge in [-0.3, -0.25) is 0 Å². The zero-order valence-electron chi connectivity index (χ0n) is 10.7. The molecule has 0 fully saturated rings. The van der Waals surface area contributed by atoms with Gasteiger partial charge in [0.2, 0.25) is 5.82 Å². The van der Waals surface area contributed by atoms with Gasteiger partial charge < -0.3 is 9.26 Å². The van der Waals surface area contributed by atoms with Gasteiger partial charge in [-0.25, -0.2) is 0 Å². The Morgan fingerprint density at radius 1 is 1.05 bits per heavy atom. The van der Waals surface area contributed by atoms with Gasteiger partial charge in [-0.2, -0.15) is 4.98 Å². The van der Waals surface area contributed by atoms with Gasteiger partial charge in [0.05, 0.1) is 7.11 Å². The quantitative estimate of drug-likeness (QED) is 0.728. The monoisotopic (exact) mass is 286 g/mol. The van der Waals surface area contributed by atoms with Gasteiger partial charge in [-0.15, -0.1) is 0 Å². The summed E-state index contributed by atoms with van der Waals surface area (Å²) in [5.41, 5.74) is 1.66. The highest BCUT2D eigenvalue weighted by molar-refractivity contribution is 6.30. The minimum absolute atomic E-state index is 0.443. The first-order chi connectivity index (χ1) is 9.76. The van der Waals surface area contributed by atoms with Gasteiger partial charge in [-0.1, -0.05) is 22.8 Å². The molecule has 1 heterocycles. The average molecular weight is 287 g/mol. The minimum atomic E-state index is 0.443. The number of rotatable bonds is 3. The van der Waals surface area contributed by atoms with Gasteiger partial charge in [0, 0.05) is 16.1 Å². The lowest BCUT2D eigenvalue weighted by molar-refractivity contribution is 0.415. The van der Waals surface area contributed by atoms with Crippen molar-refractivity contribution in [1.82, 2.24) is 10.1 Å². The van der Waals surface area contributed by atoms with Crippen LogP contribution < -0.4 is 4.74 Å². The third kappa shape index (κ3) is 2.51. The number of halogens is 1. The Balaban J connectivity index is 1.93. The van der Waals surface area contributed by atoms with E-state index in [0.29, 0.717) is 16.7 Å². The van der Waals surface area contributed by atoms with Crippen LogP contribution in [-0.4, -0.2) is 17.3 Å². The van der Waals surface area contributed by atoms with Crippen LogP contribution in [0, 0.1) is 0 Å². The summed E-state index contributed by atoms with van der Waals surface area (Å²) in [5, 5.41) is 4.61. The van der Waals surface area contributed by atoms with E-state index in [4.69, 9.17) is 20.9 Å². The van der Waals surface area contributed by atoms with Crippen molar-refractivity contribution in [2.75, 3.05) is 7.11 Å². The summed E-state index contributed by atoms with van der Waals surface area (Å²) < 4.78 is 10.4. The van der Waals surface area contributed by atoms with Crippen molar-refractivity contribution >= 4 is 11.6 Å². The Morgan fingerprint density at radius 3 is 2.55 bits per heavy atom. The highest BCUT2D eigenvalue weighted by Gasteiger charge is 2.10. The van der Waals surface area contributed by atoms with Gasteiger partial charge >= 0.3 is 0 Å². The van der Waals surface area contributed by atoms with Crippen molar-refractivity contribution < 1.29 is 9.26 Å². The van der Waals surface area contributed by atoms with E-state index < -0.39 is 0 Å². The average Bonchev–Trinajstić information content (AvgIpc) is 2.97. The molecule has 4 nitrogen and oxygen atoms in total. The summed E-state index contributed by atoms with van der Waals surface area (Å²) in [6.45, 7) is 0. The van der Waals surface area contributed by atoms with E-state index in [9.17, 15) is 0 Å². The third-order valence-corrected chi connectivity index (χ3v) is 3.08. The molecule has 0 saturated carbocycles. The van der Waals surface area contributed by atoms with Crippen LogP contribution in [-0.2, 0) is 0 Å². The van der Waals surface area contributed by atoms with Gasteiger partial charge in [0.1, 0.15) is 5.75 Å². The van der Waals surface area contributed by atoms with E-state index >= 15 is 0 Å². The summed E-state index contributed by atoms with van der Waals surface area (Å²) >= 11 is 5.95. The van der Waals surface area contributed by atoms with Crippen LogP contribution in [0.3, 0.4) is 0 Å². The summed E-state index contributed by atoms with van der Waals surface area (Å²) in [7, 11) is 1.63. The standard InChI is InChI=1S/C15H11ClN2O2/c1-19-13-7-5-10(6-8-13)14-17-15(20-18-14)11-3-2-4-12(16)9-11/h2-9H,1H3. The van der Waals surface area contributed by atoms with E-state index in [-0.39, 0.29) is 0 Å². The molecule has 1 aromatic heterocycles. The first-order valence-electron chi connectivity index (χ1n) is 6.00. The number of aromatic nitrogens is 2. The Hall–Kier alpha value is -2.33. The Kier molecular flexibility index (Phi) is 3.39. The Morgan fingerprint density at radius 2 is 1.85 bits per heavy atom. The van der Waals surface area contributed by atoms with Crippen molar-refractivity contribution in [2.45, 2.75) is 0 Å².